The standard InChI is InChI=1S/C13H16BrNO4S2/c1-9(4-5-10-3-2-6-19-10)15-21(17,18)12-7-11(8-16)20-13(12)14/h2-3,6-7,9,15-16H,4-5,8H2,1H3. The Morgan fingerprint density at radius 1 is 1.52 bits per heavy atom. The minimum atomic E-state index is -3.60. The molecular formula is C13H16BrNO4S2. The van der Waals surface area contributed by atoms with Crippen molar-refractivity contribution in [2.45, 2.75) is 37.3 Å². The van der Waals surface area contributed by atoms with Crippen LogP contribution in [0, 0.1) is 0 Å². The van der Waals surface area contributed by atoms with Gasteiger partial charge in [0.05, 0.1) is 16.7 Å². The van der Waals surface area contributed by atoms with Crippen molar-refractivity contribution in [3.63, 3.8) is 0 Å². The molecule has 0 spiro atoms. The maximum Gasteiger partial charge on any atom is 0.242 e. The second-order valence-corrected chi connectivity index (χ2v) is 8.79. The summed E-state index contributed by atoms with van der Waals surface area (Å²) in [5, 5.41) is 9.08. The van der Waals surface area contributed by atoms with Gasteiger partial charge in [0.25, 0.3) is 0 Å². The number of thiophene rings is 1. The normalized spacial score (nSPS) is 13.5. The molecule has 0 aliphatic carbocycles. The van der Waals surface area contributed by atoms with Crippen LogP contribution in [0.2, 0.25) is 0 Å². The predicted molar refractivity (Wildman–Crippen MR) is 84.8 cm³/mol. The fraction of sp³-hybridized carbons (Fsp3) is 0.385. The third-order valence-electron chi connectivity index (χ3n) is 2.91. The number of hydrogen-bond donors (Lipinski definition) is 2. The first-order valence-electron chi connectivity index (χ1n) is 6.36. The molecule has 0 aromatic carbocycles. The maximum absolute atomic E-state index is 12.3. The summed E-state index contributed by atoms with van der Waals surface area (Å²) in [6.07, 6.45) is 2.91. The summed E-state index contributed by atoms with van der Waals surface area (Å²) in [5.41, 5.74) is 0. The number of halogens is 1. The van der Waals surface area contributed by atoms with E-state index in [1.807, 2.05) is 19.1 Å². The highest BCUT2D eigenvalue weighted by molar-refractivity contribution is 9.11. The van der Waals surface area contributed by atoms with Crippen LogP contribution in [0.3, 0.4) is 0 Å². The van der Waals surface area contributed by atoms with Gasteiger partial charge in [-0.1, -0.05) is 0 Å². The molecule has 0 amide bonds. The molecule has 2 N–H and O–H groups in total. The van der Waals surface area contributed by atoms with Crippen LogP contribution < -0.4 is 4.72 Å². The predicted octanol–water partition coefficient (Wildman–Crippen LogP) is 2.90. The number of furan rings is 1. The zero-order chi connectivity index (χ0) is 15.5. The Balaban J connectivity index is 2.00. The number of rotatable bonds is 7. The van der Waals surface area contributed by atoms with Gasteiger partial charge in [-0.3, -0.25) is 0 Å². The summed E-state index contributed by atoms with van der Waals surface area (Å²) in [7, 11) is -3.60. The number of aliphatic hydroxyl groups is 1. The van der Waals surface area contributed by atoms with E-state index < -0.39 is 10.0 Å². The fourth-order valence-electron chi connectivity index (χ4n) is 1.86. The second kappa shape index (κ2) is 7.06. The summed E-state index contributed by atoms with van der Waals surface area (Å²) >= 11 is 4.44. The van der Waals surface area contributed by atoms with Gasteiger partial charge in [-0.25, -0.2) is 13.1 Å². The second-order valence-electron chi connectivity index (χ2n) is 4.65. The summed E-state index contributed by atoms with van der Waals surface area (Å²) < 4.78 is 33.0. The van der Waals surface area contributed by atoms with Crippen molar-refractivity contribution in [1.82, 2.24) is 4.72 Å². The topological polar surface area (TPSA) is 79.5 Å². The number of aliphatic hydroxyl groups excluding tert-OH is 1. The molecule has 0 saturated carbocycles. The molecule has 2 aromatic heterocycles. The molecule has 2 rings (SSSR count). The van der Waals surface area contributed by atoms with Crippen LogP contribution >= 0.6 is 27.3 Å². The Labute approximate surface area is 136 Å². The highest BCUT2D eigenvalue weighted by Crippen LogP contribution is 2.31. The monoisotopic (exact) mass is 393 g/mol. The first-order chi connectivity index (χ1) is 9.92. The Morgan fingerprint density at radius 3 is 2.86 bits per heavy atom. The van der Waals surface area contributed by atoms with Crippen molar-refractivity contribution in [1.29, 1.82) is 0 Å². The molecular weight excluding hydrogens is 378 g/mol. The highest BCUT2D eigenvalue weighted by Gasteiger charge is 2.22. The Hall–Kier alpha value is -0.670. The maximum atomic E-state index is 12.3. The van der Waals surface area contributed by atoms with Crippen molar-refractivity contribution >= 4 is 37.3 Å². The molecule has 8 heteroatoms. The minimum absolute atomic E-state index is 0.168. The lowest BCUT2D eigenvalue weighted by molar-refractivity contribution is 0.285. The van der Waals surface area contributed by atoms with Crippen LogP contribution in [0.4, 0.5) is 0 Å². The molecule has 0 aliphatic rings. The van der Waals surface area contributed by atoms with Gasteiger partial charge >= 0.3 is 0 Å². The minimum Gasteiger partial charge on any atom is -0.469 e. The van der Waals surface area contributed by atoms with Gasteiger partial charge in [0, 0.05) is 17.3 Å². The number of sulfonamides is 1. The molecule has 1 unspecified atom stereocenters. The fourth-order valence-corrected chi connectivity index (χ4v) is 5.68. The van der Waals surface area contributed by atoms with Gasteiger partial charge in [0.2, 0.25) is 10.0 Å². The van der Waals surface area contributed by atoms with Crippen LogP contribution in [0.25, 0.3) is 0 Å². The first kappa shape index (κ1) is 16.7. The summed E-state index contributed by atoms with van der Waals surface area (Å²) in [5.74, 6) is 0.834. The van der Waals surface area contributed by atoms with E-state index >= 15 is 0 Å². The number of hydrogen-bond acceptors (Lipinski definition) is 5. The van der Waals surface area contributed by atoms with E-state index in [2.05, 4.69) is 20.7 Å². The van der Waals surface area contributed by atoms with Crippen molar-refractivity contribution < 1.29 is 17.9 Å². The van der Waals surface area contributed by atoms with Gasteiger partial charge in [-0.05, 0) is 47.5 Å². The summed E-state index contributed by atoms with van der Waals surface area (Å²) in [4.78, 5) is 0.770. The zero-order valence-corrected chi connectivity index (χ0v) is 14.6. The van der Waals surface area contributed by atoms with Crippen LogP contribution in [0.15, 0.2) is 37.6 Å². The van der Waals surface area contributed by atoms with Gasteiger partial charge in [-0.15, -0.1) is 11.3 Å². The molecule has 0 aliphatic heterocycles. The molecule has 21 heavy (non-hydrogen) atoms. The largest absolute Gasteiger partial charge is 0.469 e. The Bertz CT molecular complexity index is 679. The highest BCUT2D eigenvalue weighted by atomic mass is 79.9. The lowest BCUT2D eigenvalue weighted by atomic mass is 10.2. The number of nitrogens with one attached hydrogen (secondary N) is 1. The lowest BCUT2D eigenvalue weighted by Gasteiger charge is -2.13. The zero-order valence-electron chi connectivity index (χ0n) is 11.4. The SMILES string of the molecule is CC(CCc1ccco1)NS(=O)(=O)c1cc(CO)sc1Br. The third kappa shape index (κ3) is 4.40. The average Bonchev–Trinajstić information content (AvgIpc) is 3.04. The van der Waals surface area contributed by atoms with E-state index in [4.69, 9.17) is 9.52 Å². The third-order valence-corrected chi connectivity index (χ3v) is 6.74. The molecule has 0 bridgehead atoms. The van der Waals surface area contributed by atoms with E-state index in [0.717, 1.165) is 5.76 Å². The molecule has 1 atom stereocenters. The smallest absolute Gasteiger partial charge is 0.242 e. The summed E-state index contributed by atoms with van der Waals surface area (Å²) in [6.45, 7) is 1.64. The lowest BCUT2D eigenvalue weighted by Crippen LogP contribution is -2.32. The van der Waals surface area contributed by atoms with E-state index in [1.54, 1.807) is 6.26 Å². The van der Waals surface area contributed by atoms with Crippen LogP contribution in [0.5, 0.6) is 0 Å². The average molecular weight is 394 g/mol. The van der Waals surface area contributed by atoms with Crippen molar-refractivity contribution in [2.75, 3.05) is 0 Å². The molecule has 0 radical (unpaired) electrons. The van der Waals surface area contributed by atoms with Gasteiger partial charge < -0.3 is 9.52 Å². The first-order valence-corrected chi connectivity index (χ1v) is 9.45. The molecule has 2 heterocycles. The number of aryl methyl sites for hydroxylation is 1. The molecule has 0 saturated heterocycles. The molecule has 2 aromatic rings. The van der Waals surface area contributed by atoms with Crippen LogP contribution in [-0.4, -0.2) is 19.6 Å². The molecule has 116 valence electrons. The van der Waals surface area contributed by atoms with E-state index in [0.29, 0.717) is 21.5 Å². The van der Waals surface area contributed by atoms with Crippen LogP contribution in [0.1, 0.15) is 24.0 Å². The van der Waals surface area contributed by atoms with Gasteiger partial charge in [0.1, 0.15) is 10.7 Å². The van der Waals surface area contributed by atoms with Crippen molar-refractivity contribution in [2.24, 2.45) is 0 Å². The van der Waals surface area contributed by atoms with Gasteiger partial charge in [0.15, 0.2) is 0 Å². The molecule has 0 fully saturated rings. The Morgan fingerprint density at radius 2 is 2.29 bits per heavy atom. The Kier molecular flexibility index (Phi) is 5.61. The quantitative estimate of drug-likeness (QED) is 0.757. The molecule has 5 nitrogen and oxygen atoms in total. The van der Waals surface area contributed by atoms with Gasteiger partial charge in [-0.2, -0.15) is 0 Å². The van der Waals surface area contributed by atoms with Crippen molar-refractivity contribution in [3.05, 3.63) is 38.9 Å². The van der Waals surface area contributed by atoms with Crippen LogP contribution in [-0.2, 0) is 23.1 Å². The van der Waals surface area contributed by atoms with E-state index in [1.165, 1.54) is 17.4 Å². The van der Waals surface area contributed by atoms with E-state index in [9.17, 15) is 8.42 Å². The van der Waals surface area contributed by atoms with Crippen molar-refractivity contribution in [3.8, 4) is 0 Å². The summed E-state index contributed by atoms with van der Waals surface area (Å²) in [6, 6.07) is 4.94. The van der Waals surface area contributed by atoms with E-state index in [-0.39, 0.29) is 17.5 Å².